The number of fused-ring (bicyclic) bond motifs is 1. The first-order chi connectivity index (χ1) is 10.8. The smallest absolute Gasteiger partial charge is 0.365 e. The number of halogens is 3. The first-order valence-corrected chi connectivity index (χ1v) is 7.51. The highest BCUT2D eigenvalue weighted by molar-refractivity contribution is 6.10. The van der Waals surface area contributed by atoms with Crippen LogP contribution < -0.4 is 0 Å². The van der Waals surface area contributed by atoms with E-state index in [1.54, 1.807) is 6.92 Å². The van der Waals surface area contributed by atoms with E-state index < -0.39 is 24.7 Å². The van der Waals surface area contributed by atoms with Crippen molar-refractivity contribution in [1.82, 2.24) is 9.88 Å². The third kappa shape index (κ3) is 2.87. The number of carbonyl (C=O) groups excluding carboxylic acids is 2. The second-order valence-corrected chi connectivity index (χ2v) is 5.91. The Labute approximate surface area is 130 Å². The molecule has 1 aromatic rings. The topological polar surface area (TPSA) is 62.4 Å². The Hall–Kier alpha value is -1.83. The van der Waals surface area contributed by atoms with Gasteiger partial charge in [0, 0.05) is 24.4 Å². The first-order valence-electron chi connectivity index (χ1n) is 7.51. The zero-order valence-corrected chi connectivity index (χ0v) is 12.6. The summed E-state index contributed by atoms with van der Waals surface area (Å²) in [5.74, 6) is -0.660. The maximum atomic E-state index is 12.8. The van der Waals surface area contributed by atoms with Crippen molar-refractivity contribution in [3.63, 3.8) is 0 Å². The molecule has 0 bridgehead atoms. The summed E-state index contributed by atoms with van der Waals surface area (Å²) in [6, 6.07) is 0. The van der Waals surface area contributed by atoms with Gasteiger partial charge in [0.1, 0.15) is 0 Å². The number of aryl methyl sites for hydroxylation is 2. The Morgan fingerprint density at radius 1 is 1.35 bits per heavy atom. The fraction of sp³-hybridized carbons (Fsp3) is 0.600. The predicted molar refractivity (Wildman–Crippen MR) is 74.5 cm³/mol. The summed E-state index contributed by atoms with van der Waals surface area (Å²) >= 11 is 0. The lowest BCUT2D eigenvalue weighted by molar-refractivity contribution is -0.233. The van der Waals surface area contributed by atoms with Crippen LogP contribution in [0.4, 0.5) is 13.2 Å². The van der Waals surface area contributed by atoms with Gasteiger partial charge < -0.3 is 14.6 Å². The Bertz CT molecular complexity index is 651. The molecule has 126 valence electrons. The maximum absolute atomic E-state index is 12.8. The molecular weight excluding hydrogens is 313 g/mol. The highest BCUT2D eigenvalue weighted by atomic mass is 19.4. The minimum absolute atomic E-state index is 0.0823. The molecule has 1 amide bonds. The number of rotatable bonds is 1. The Balaban J connectivity index is 1.89. The summed E-state index contributed by atoms with van der Waals surface area (Å²) < 4.78 is 43.1. The Kier molecular flexibility index (Phi) is 3.95. The molecule has 3 rings (SSSR count). The van der Waals surface area contributed by atoms with E-state index in [-0.39, 0.29) is 24.5 Å². The maximum Gasteiger partial charge on any atom is 0.416 e. The SMILES string of the molecule is Cc1[nH]c2c(c1C(=O)N1CCOC(C(F)(F)F)C1)C(=O)CCC2. The van der Waals surface area contributed by atoms with Gasteiger partial charge in [-0.25, -0.2) is 0 Å². The van der Waals surface area contributed by atoms with Crippen LogP contribution >= 0.6 is 0 Å². The number of nitrogens with one attached hydrogen (secondary N) is 1. The van der Waals surface area contributed by atoms with Crippen molar-refractivity contribution in [2.45, 2.75) is 38.5 Å². The quantitative estimate of drug-likeness (QED) is 0.859. The number of H-pyrrole nitrogens is 1. The van der Waals surface area contributed by atoms with Gasteiger partial charge in [-0.1, -0.05) is 0 Å². The second kappa shape index (κ2) is 5.67. The van der Waals surface area contributed by atoms with Gasteiger partial charge in [0.2, 0.25) is 0 Å². The second-order valence-electron chi connectivity index (χ2n) is 5.91. The molecule has 1 atom stereocenters. The molecule has 2 heterocycles. The number of amides is 1. The normalized spacial score (nSPS) is 22.2. The molecule has 0 aromatic carbocycles. The molecule has 1 saturated heterocycles. The number of hydrogen-bond donors (Lipinski definition) is 1. The van der Waals surface area contributed by atoms with Gasteiger partial charge in [0.25, 0.3) is 5.91 Å². The molecule has 23 heavy (non-hydrogen) atoms. The zero-order valence-electron chi connectivity index (χ0n) is 12.6. The lowest BCUT2D eigenvalue weighted by atomic mass is 9.92. The summed E-state index contributed by atoms with van der Waals surface area (Å²) in [7, 11) is 0. The van der Waals surface area contributed by atoms with E-state index in [0.29, 0.717) is 36.2 Å². The molecule has 0 radical (unpaired) electrons. The summed E-state index contributed by atoms with van der Waals surface area (Å²) in [6.45, 7) is 1.03. The standard InChI is InChI=1S/C15H17F3N2O3/c1-8-12(13-9(19-8)3-2-4-10(13)21)14(22)20-5-6-23-11(7-20)15(16,17)18/h11,19H,2-7H2,1H3. The number of nitrogens with zero attached hydrogens (tertiary/aromatic N) is 1. The van der Waals surface area contributed by atoms with Crippen LogP contribution in [0.2, 0.25) is 0 Å². The number of aromatic nitrogens is 1. The van der Waals surface area contributed by atoms with E-state index in [0.717, 1.165) is 4.90 Å². The van der Waals surface area contributed by atoms with Gasteiger partial charge in [-0.3, -0.25) is 9.59 Å². The van der Waals surface area contributed by atoms with Gasteiger partial charge >= 0.3 is 6.18 Å². The van der Waals surface area contributed by atoms with Crippen LogP contribution in [0.15, 0.2) is 0 Å². The molecule has 0 saturated carbocycles. The number of alkyl halides is 3. The molecule has 2 aliphatic rings. The molecule has 1 aliphatic heterocycles. The van der Waals surface area contributed by atoms with Crippen LogP contribution in [0.25, 0.3) is 0 Å². The van der Waals surface area contributed by atoms with Crippen LogP contribution in [0.5, 0.6) is 0 Å². The van der Waals surface area contributed by atoms with Gasteiger partial charge in [-0.05, 0) is 19.8 Å². The molecule has 1 aromatic heterocycles. The number of morpholine rings is 1. The van der Waals surface area contributed by atoms with Gasteiger partial charge in [-0.15, -0.1) is 0 Å². The van der Waals surface area contributed by atoms with Crippen molar-refractivity contribution >= 4 is 11.7 Å². The number of aromatic amines is 1. The third-order valence-corrected chi connectivity index (χ3v) is 4.31. The summed E-state index contributed by atoms with van der Waals surface area (Å²) in [5.41, 5.74) is 1.81. The monoisotopic (exact) mass is 330 g/mol. The van der Waals surface area contributed by atoms with E-state index in [9.17, 15) is 22.8 Å². The van der Waals surface area contributed by atoms with Crippen LogP contribution in [0.3, 0.4) is 0 Å². The molecular formula is C15H17F3N2O3. The Morgan fingerprint density at radius 3 is 2.78 bits per heavy atom. The average Bonchev–Trinajstić information content (AvgIpc) is 2.83. The van der Waals surface area contributed by atoms with Crippen LogP contribution in [-0.2, 0) is 11.2 Å². The van der Waals surface area contributed by atoms with E-state index in [2.05, 4.69) is 4.98 Å². The highest BCUT2D eigenvalue weighted by Crippen LogP contribution is 2.30. The largest absolute Gasteiger partial charge is 0.416 e. The molecule has 1 fully saturated rings. The lowest BCUT2D eigenvalue weighted by Crippen LogP contribution is -2.51. The molecule has 1 aliphatic carbocycles. The van der Waals surface area contributed by atoms with Crippen molar-refractivity contribution in [2.24, 2.45) is 0 Å². The minimum Gasteiger partial charge on any atom is -0.365 e. The number of Topliss-reactive ketones (excluding diaryl/α,β-unsaturated/α-hetero) is 1. The number of carbonyl (C=O) groups is 2. The number of ether oxygens (including phenoxy) is 1. The van der Waals surface area contributed by atoms with Gasteiger partial charge in [0.15, 0.2) is 11.9 Å². The zero-order chi connectivity index (χ0) is 16.8. The lowest BCUT2D eigenvalue weighted by Gasteiger charge is -2.34. The number of ketones is 1. The Morgan fingerprint density at radius 2 is 2.09 bits per heavy atom. The van der Waals surface area contributed by atoms with Gasteiger partial charge in [-0.2, -0.15) is 13.2 Å². The molecule has 5 nitrogen and oxygen atoms in total. The van der Waals surface area contributed by atoms with E-state index >= 15 is 0 Å². The summed E-state index contributed by atoms with van der Waals surface area (Å²) in [5, 5.41) is 0. The van der Waals surface area contributed by atoms with Crippen molar-refractivity contribution in [3.05, 3.63) is 22.5 Å². The van der Waals surface area contributed by atoms with Crippen LogP contribution in [0, 0.1) is 6.92 Å². The first kappa shape index (κ1) is 16.0. The van der Waals surface area contributed by atoms with Crippen LogP contribution in [0.1, 0.15) is 44.9 Å². The van der Waals surface area contributed by atoms with Gasteiger partial charge in [0.05, 0.1) is 24.3 Å². The minimum atomic E-state index is -4.51. The molecule has 0 spiro atoms. The number of hydrogen-bond acceptors (Lipinski definition) is 3. The molecule has 8 heteroatoms. The van der Waals surface area contributed by atoms with Crippen molar-refractivity contribution in [1.29, 1.82) is 0 Å². The van der Waals surface area contributed by atoms with E-state index in [1.165, 1.54) is 0 Å². The third-order valence-electron chi connectivity index (χ3n) is 4.31. The van der Waals surface area contributed by atoms with Crippen molar-refractivity contribution in [3.8, 4) is 0 Å². The molecule has 1 N–H and O–H groups in total. The van der Waals surface area contributed by atoms with E-state index in [4.69, 9.17) is 4.74 Å². The fourth-order valence-electron chi connectivity index (χ4n) is 3.19. The highest BCUT2D eigenvalue weighted by Gasteiger charge is 2.45. The molecule has 1 unspecified atom stereocenters. The fourth-order valence-corrected chi connectivity index (χ4v) is 3.19. The van der Waals surface area contributed by atoms with E-state index in [1.807, 2.05) is 0 Å². The predicted octanol–water partition coefficient (Wildman–Crippen LogP) is 2.25. The summed E-state index contributed by atoms with van der Waals surface area (Å²) in [6.07, 6.45) is -4.75. The van der Waals surface area contributed by atoms with Crippen LogP contribution in [-0.4, -0.2) is 53.6 Å². The summed E-state index contributed by atoms with van der Waals surface area (Å²) in [4.78, 5) is 29.0. The average molecular weight is 330 g/mol. The van der Waals surface area contributed by atoms with Crippen molar-refractivity contribution < 1.29 is 27.5 Å². The van der Waals surface area contributed by atoms with Crippen molar-refractivity contribution in [2.75, 3.05) is 19.7 Å².